The van der Waals surface area contributed by atoms with Crippen molar-refractivity contribution in [2.75, 3.05) is 14.2 Å². The van der Waals surface area contributed by atoms with Gasteiger partial charge in [-0.1, -0.05) is 35.9 Å². The molecule has 0 aliphatic carbocycles. The third-order valence-corrected chi connectivity index (χ3v) is 4.19. The van der Waals surface area contributed by atoms with Gasteiger partial charge < -0.3 is 14.5 Å². The van der Waals surface area contributed by atoms with Crippen LogP contribution in [0.3, 0.4) is 0 Å². The highest BCUT2D eigenvalue weighted by atomic mass is 35.5. The van der Waals surface area contributed by atoms with Crippen molar-refractivity contribution in [3.63, 3.8) is 0 Å². The number of para-hydroxylation sites is 1. The summed E-state index contributed by atoms with van der Waals surface area (Å²) in [6.45, 7) is 0. The summed E-state index contributed by atoms with van der Waals surface area (Å²) in [5, 5.41) is 5.43. The number of hydrazone groups is 1. The van der Waals surface area contributed by atoms with E-state index >= 15 is 0 Å². The van der Waals surface area contributed by atoms with Crippen molar-refractivity contribution in [1.29, 1.82) is 0 Å². The maximum absolute atomic E-state index is 12.1. The number of hydrogen-bond acceptors (Lipinski definition) is 4. The van der Waals surface area contributed by atoms with Gasteiger partial charge in [-0.2, -0.15) is 5.10 Å². The van der Waals surface area contributed by atoms with Gasteiger partial charge in [0.1, 0.15) is 5.15 Å². The van der Waals surface area contributed by atoms with Crippen molar-refractivity contribution in [2.45, 2.75) is 6.42 Å². The summed E-state index contributed by atoms with van der Waals surface area (Å²) in [6, 6.07) is 13.0. The van der Waals surface area contributed by atoms with E-state index in [2.05, 4.69) is 15.5 Å². The largest absolute Gasteiger partial charge is 0.493 e. The van der Waals surface area contributed by atoms with Crippen LogP contribution in [-0.4, -0.2) is 31.3 Å². The van der Waals surface area contributed by atoms with Crippen molar-refractivity contribution >= 4 is 34.6 Å². The number of carbonyl (C=O) groups is 1. The lowest BCUT2D eigenvalue weighted by Crippen LogP contribution is -2.19. The molecule has 0 aliphatic rings. The van der Waals surface area contributed by atoms with Crippen LogP contribution in [0.4, 0.5) is 0 Å². The predicted molar refractivity (Wildman–Crippen MR) is 102 cm³/mol. The van der Waals surface area contributed by atoms with Crippen LogP contribution in [0.2, 0.25) is 5.15 Å². The van der Waals surface area contributed by atoms with E-state index in [-0.39, 0.29) is 12.3 Å². The van der Waals surface area contributed by atoms with E-state index in [4.69, 9.17) is 21.1 Å². The number of nitrogens with one attached hydrogen (secondary N) is 2. The average molecular weight is 372 g/mol. The number of ether oxygens (including phenoxy) is 2. The smallest absolute Gasteiger partial charge is 0.244 e. The second-order valence-corrected chi connectivity index (χ2v) is 5.94. The second-order valence-electron chi connectivity index (χ2n) is 5.56. The molecule has 6 nitrogen and oxygen atoms in total. The topological polar surface area (TPSA) is 75.7 Å². The molecule has 3 rings (SSSR count). The summed E-state index contributed by atoms with van der Waals surface area (Å²) in [5.74, 6) is 0.944. The zero-order valence-electron chi connectivity index (χ0n) is 14.4. The number of hydrogen-bond donors (Lipinski definition) is 2. The minimum absolute atomic E-state index is 0.166. The van der Waals surface area contributed by atoms with Gasteiger partial charge in [0, 0.05) is 16.5 Å². The van der Waals surface area contributed by atoms with Crippen LogP contribution in [0, 0.1) is 0 Å². The Kier molecular flexibility index (Phi) is 5.43. The zero-order chi connectivity index (χ0) is 18.5. The molecule has 0 unspecified atom stereocenters. The van der Waals surface area contributed by atoms with Gasteiger partial charge in [-0.05, 0) is 23.8 Å². The Morgan fingerprint density at radius 2 is 1.96 bits per heavy atom. The summed E-state index contributed by atoms with van der Waals surface area (Å²) in [5.41, 5.74) is 4.95. The molecule has 1 aromatic heterocycles. The van der Waals surface area contributed by atoms with Gasteiger partial charge in [-0.25, -0.2) is 5.43 Å². The molecule has 0 saturated heterocycles. The lowest BCUT2D eigenvalue weighted by atomic mass is 10.1. The van der Waals surface area contributed by atoms with Crippen LogP contribution in [0.1, 0.15) is 11.1 Å². The molecule has 1 heterocycles. The maximum atomic E-state index is 12.1. The Balaban J connectivity index is 1.67. The van der Waals surface area contributed by atoms with Gasteiger partial charge in [0.05, 0.1) is 26.9 Å². The third-order valence-electron chi connectivity index (χ3n) is 3.89. The fourth-order valence-electron chi connectivity index (χ4n) is 2.64. The van der Waals surface area contributed by atoms with E-state index in [1.807, 2.05) is 24.3 Å². The van der Waals surface area contributed by atoms with E-state index in [0.717, 1.165) is 22.0 Å². The normalized spacial score (nSPS) is 11.0. The highest BCUT2D eigenvalue weighted by molar-refractivity contribution is 6.34. The Morgan fingerprint density at radius 1 is 1.19 bits per heavy atom. The molecule has 0 spiro atoms. The minimum Gasteiger partial charge on any atom is -0.493 e. The van der Waals surface area contributed by atoms with Crippen LogP contribution in [-0.2, 0) is 11.2 Å². The number of amides is 1. The highest BCUT2D eigenvalue weighted by Gasteiger charge is 2.09. The van der Waals surface area contributed by atoms with E-state index in [0.29, 0.717) is 16.7 Å². The molecule has 2 N–H and O–H groups in total. The Hall–Kier alpha value is -2.99. The van der Waals surface area contributed by atoms with Gasteiger partial charge in [0.15, 0.2) is 11.5 Å². The standard InChI is InChI=1S/C19H18ClN3O3/c1-25-16-8-7-12(9-17(16)26-2)10-18(24)23-21-11-14-13-5-3-4-6-15(13)22-19(14)20/h3-9,11,22H,10H2,1-2H3,(H,23,24)/b21-11-. The van der Waals surface area contributed by atoms with Gasteiger partial charge in [-0.15, -0.1) is 0 Å². The summed E-state index contributed by atoms with van der Waals surface area (Å²) in [6.07, 6.45) is 1.70. The van der Waals surface area contributed by atoms with Crippen molar-refractivity contribution in [3.8, 4) is 11.5 Å². The summed E-state index contributed by atoms with van der Waals surface area (Å²) in [4.78, 5) is 15.2. The number of methoxy groups -OCH3 is 2. The van der Waals surface area contributed by atoms with Crippen LogP contribution in [0.5, 0.6) is 11.5 Å². The first kappa shape index (κ1) is 17.8. The molecule has 0 atom stereocenters. The van der Waals surface area contributed by atoms with Gasteiger partial charge in [-0.3, -0.25) is 4.79 Å². The highest BCUT2D eigenvalue weighted by Crippen LogP contribution is 2.27. The molecule has 0 radical (unpaired) electrons. The fraction of sp³-hybridized carbons (Fsp3) is 0.158. The molecule has 26 heavy (non-hydrogen) atoms. The van der Waals surface area contributed by atoms with Gasteiger partial charge in [0.2, 0.25) is 5.91 Å². The first-order valence-electron chi connectivity index (χ1n) is 7.91. The number of carbonyl (C=O) groups excluding carboxylic acids is 1. The van der Waals surface area contributed by atoms with Crippen molar-refractivity contribution in [1.82, 2.24) is 10.4 Å². The molecule has 3 aromatic rings. The number of fused-ring (bicyclic) bond motifs is 1. The third kappa shape index (κ3) is 3.81. The van der Waals surface area contributed by atoms with Crippen molar-refractivity contribution in [3.05, 3.63) is 58.7 Å². The molecule has 0 aliphatic heterocycles. The first-order valence-corrected chi connectivity index (χ1v) is 8.29. The number of H-pyrrole nitrogens is 1. The number of halogens is 1. The van der Waals surface area contributed by atoms with E-state index in [1.54, 1.807) is 32.4 Å². The molecular formula is C19H18ClN3O3. The molecule has 2 aromatic carbocycles. The van der Waals surface area contributed by atoms with E-state index in [1.165, 1.54) is 6.21 Å². The van der Waals surface area contributed by atoms with Crippen molar-refractivity contribution in [2.24, 2.45) is 5.10 Å². The molecule has 0 saturated carbocycles. The number of rotatable bonds is 6. The average Bonchev–Trinajstić information content (AvgIpc) is 2.97. The molecule has 134 valence electrons. The second kappa shape index (κ2) is 7.93. The first-order chi connectivity index (χ1) is 12.6. The maximum Gasteiger partial charge on any atom is 0.244 e. The monoisotopic (exact) mass is 371 g/mol. The van der Waals surface area contributed by atoms with Crippen molar-refractivity contribution < 1.29 is 14.3 Å². The number of benzene rings is 2. The Labute approximate surface area is 155 Å². The Bertz CT molecular complexity index is 966. The van der Waals surface area contributed by atoms with Gasteiger partial charge >= 0.3 is 0 Å². The van der Waals surface area contributed by atoms with Gasteiger partial charge in [0.25, 0.3) is 0 Å². The minimum atomic E-state index is -0.246. The predicted octanol–water partition coefficient (Wildman–Crippen LogP) is 3.53. The lowest BCUT2D eigenvalue weighted by molar-refractivity contribution is -0.120. The lowest BCUT2D eigenvalue weighted by Gasteiger charge is -2.09. The molecular weight excluding hydrogens is 354 g/mol. The van der Waals surface area contributed by atoms with Crippen LogP contribution >= 0.6 is 11.6 Å². The molecule has 1 amide bonds. The van der Waals surface area contributed by atoms with E-state index < -0.39 is 0 Å². The summed E-state index contributed by atoms with van der Waals surface area (Å²) < 4.78 is 10.4. The van der Waals surface area contributed by atoms with Crippen LogP contribution < -0.4 is 14.9 Å². The molecule has 7 heteroatoms. The van der Waals surface area contributed by atoms with E-state index in [9.17, 15) is 4.79 Å². The Morgan fingerprint density at radius 3 is 2.73 bits per heavy atom. The van der Waals surface area contributed by atoms with Crippen LogP contribution in [0.25, 0.3) is 10.9 Å². The molecule has 0 bridgehead atoms. The number of aromatic amines is 1. The SMILES string of the molecule is COc1ccc(CC(=O)N/N=C\c2c(Cl)[nH]c3ccccc23)cc1OC. The molecule has 0 fully saturated rings. The summed E-state index contributed by atoms with van der Waals surface area (Å²) >= 11 is 6.19. The zero-order valence-corrected chi connectivity index (χ0v) is 15.1. The number of nitrogens with zero attached hydrogens (tertiary/aromatic N) is 1. The quantitative estimate of drug-likeness (QED) is 0.514. The number of aromatic nitrogens is 1. The summed E-state index contributed by atoms with van der Waals surface area (Å²) in [7, 11) is 3.12. The van der Waals surface area contributed by atoms with Crippen LogP contribution in [0.15, 0.2) is 47.6 Å². The fourth-order valence-corrected chi connectivity index (χ4v) is 2.89.